The maximum Gasteiger partial charge on any atom is 0.331 e. The summed E-state index contributed by atoms with van der Waals surface area (Å²) in [5.41, 5.74) is 6.13. The second-order valence-electron chi connectivity index (χ2n) is 5.36. The summed E-state index contributed by atoms with van der Waals surface area (Å²) in [5, 5.41) is 0. The van der Waals surface area contributed by atoms with E-state index in [9.17, 15) is 4.79 Å². The van der Waals surface area contributed by atoms with Crippen LogP contribution in [0.25, 0.3) is 0 Å². The maximum absolute atomic E-state index is 12.1. The third-order valence-corrected chi connectivity index (χ3v) is 3.37. The van der Waals surface area contributed by atoms with Crippen molar-refractivity contribution in [2.24, 2.45) is 5.73 Å². The first-order valence-electron chi connectivity index (χ1n) is 6.05. The van der Waals surface area contributed by atoms with Crippen LogP contribution in [0.3, 0.4) is 0 Å². The van der Waals surface area contributed by atoms with Gasteiger partial charge in [-0.1, -0.05) is 0 Å². The summed E-state index contributed by atoms with van der Waals surface area (Å²) in [4.78, 5) is 16.4. The fourth-order valence-electron chi connectivity index (χ4n) is 2.27. The molecule has 1 saturated heterocycles. The van der Waals surface area contributed by atoms with Gasteiger partial charge in [0.25, 0.3) is 0 Å². The average molecular weight is 239 g/mol. The van der Waals surface area contributed by atoms with E-state index in [0.29, 0.717) is 6.54 Å². The van der Waals surface area contributed by atoms with Crippen molar-refractivity contribution >= 4 is 5.97 Å². The normalized spacial score (nSPS) is 23.8. The summed E-state index contributed by atoms with van der Waals surface area (Å²) in [7, 11) is 0. The van der Waals surface area contributed by atoms with Gasteiger partial charge >= 0.3 is 5.97 Å². The highest BCUT2D eigenvalue weighted by Gasteiger charge is 2.38. The zero-order valence-electron chi connectivity index (χ0n) is 10.8. The van der Waals surface area contributed by atoms with Gasteiger partial charge in [0.1, 0.15) is 11.6 Å². The van der Waals surface area contributed by atoms with Crippen molar-refractivity contribution in [3.05, 3.63) is 11.9 Å². The van der Waals surface area contributed by atoms with E-state index >= 15 is 0 Å². The van der Waals surface area contributed by atoms with Crippen LogP contribution in [0.1, 0.15) is 20.8 Å². The molecule has 0 aromatic heterocycles. The molecule has 0 saturated carbocycles. The van der Waals surface area contributed by atoms with Gasteiger partial charge < -0.3 is 20.3 Å². The van der Waals surface area contributed by atoms with E-state index in [1.165, 1.54) is 0 Å². The van der Waals surface area contributed by atoms with Crippen molar-refractivity contribution in [3.63, 3.8) is 0 Å². The van der Waals surface area contributed by atoms with Gasteiger partial charge in [-0.3, -0.25) is 0 Å². The van der Waals surface area contributed by atoms with Crippen LogP contribution in [-0.4, -0.2) is 53.6 Å². The zero-order valence-corrected chi connectivity index (χ0v) is 10.8. The van der Waals surface area contributed by atoms with Crippen molar-refractivity contribution in [2.75, 3.05) is 26.2 Å². The van der Waals surface area contributed by atoms with Gasteiger partial charge in [-0.05, 0) is 20.8 Å². The molecule has 3 aliphatic rings. The Labute approximate surface area is 102 Å². The molecular weight excluding hydrogens is 218 g/mol. The molecule has 17 heavy (non-hydrogen) atoms. The van der Waals surface area contributed by atoms with Crippen LogP contribution in [0.4, 0.5) is 0 Å². The Morgan fingerprint density at radius 2 is 2.29 bits per heavy atom. The van der Waals surface area contributed by atoms with E-state index in [4.69, 9.17) is 10.5 Å². The Bertz CT molecular complexity index is 352. The van der Waals surface area contributed by atoms with E-state index in [-0.39, 0.29) is 12.0 Å². The summed E-state index contributed by atoms with van der Waals surface area (Å²) in [6, 6.07) is -0.181. The van der Waals surface area contributed by atoms with Crippen LogP contribution >= 0.6 is 0 Å². The topological polar surface area (TPSA) is 58.8 Å². The molecule has 5 nitrogen and oxygen atoms in total. The highest BCUT2D eigenvalue weighted by Crippen LogP contribution is 2.24. The number of carbonyl (C=O) groups is 1. The standard InChI is InChI=1S/C12H21N3O2/c1-9-6-14-4-5-15(9)10(7-14)11(16)17-12(2,3)8-13/h6,10H,4-5,7-8,13H2,1-3H3. The van der Waals surface area contributed by atoms with E-state index in [2.05, 4.69) is 16.0 Å². The third kappa shape index (κ3) is 2.39. The summed E-state index contributed by atoms with van der Waals surface area (Å²) in [6.45, 7) is 8.64. The maximum atomic E-state index is 12.1. The number of ether oxygens (including phenoxy) is 1. The Balaban J connectivity index is 2.05. The first kappa shape index (κ1) is 12.2. The number of rotatable bonds is 3. The molecule has 3 rings (SSSR count). The molecule has 0 aromatic rings. The fourth-order valence-corrected chi connectivity index (χ4v) is 2.27. The molecule has 1 fully saturated rings. The summed E-state index contributed by atoms with van der Waals surface area (Å²) in [6.07, 6.45) is 2.10. The first-order valence-corrected chi connectivity index (χ1v) is 6.05. The van der Waals surface area contributed by atoms with Crippen LogP contribution < -0.4 is 5.73 Å². The van der Waals surface area contributed by atoms with Gasteiger partial charge in [-0.15, -0.1) is 0 Å². The van der Waals surface area contributed by atoms with Crippen molar-refractivity contribution in [3.8, 4) is 0 Å². The van der Waals surface area contributed by atoms with Gasteiger partial charge in [0.05, 0.1) is 0 Å². The molecule has 2 bridgehead atoms. The minimum absolute atomic E-state index is 0.169. The molecule has 5 heteroatoms. The summed E-state index contributed by atoms with van der Waals surface area (Å²) < 4.78 is 5.47. The van der Waals surface area contributed by atoms with Crippen LogP contribution in [0.15, 0.2) is 11.9 Å². The van der Waals surface area contributed by atoms with Crippen LogP contribution in [-0.2, 0) is 9.53 Å². The molecule has 0 amide bonds. The van der Waals surface area contributed by atoms with Gasteiger partial charge in [-0.2, -0.15) is 0 Å². The second-order valence-corrected chi connectivity index (χ2v) is 5.36. The predicted octanol–water partition coefficient (Wildman–Crippen LogP) is 0.128. The highest BCUT2D eigenvalue weighted by atomic mass is 16.6. The average Bonchev–Trinajstić information content (AvgIpc) is 2.28. The molecular formula is C12H21N3O2. The predicted molar refractivity (Wildman–Crippen MR) is 65.0 cm³/mol. The van der Waals surface area contributed by atoms with Crippen molar-refractivity contribution in [1.29, 1.82) is 0 Å². The number of allylic oxidation sites excluding steroid dienone is 1. The fraction of sp³-hybridized carbons (Fsp3) is 0.750. The Kier molecular flexibility index (Phi) is 3.03. The molecule has 1 unspecified atom stereocenters. The van der Waals surface area contributed by atoms with E-state index in [0.717, 1.165) is 25.3 Å². The van der Waals surface area contributed by atoms with Crippen LogP contribution in [0, 0.1) is 0 Å². The molecule has 96 valence electrons. The number of hydrogen-bond donors (Lipinski definition) is 1. The van der Waals surface area contributed by atoms with E-state index in [1.54, 1.807) is 0 Å². The summed E-state index contributed by atoms with van der Waals surface area (Å²) >= 11 is 0. The van der Waals surface area contributed by atoms with Crippen molar-refractivity contribution in [2.45, 2.75) is 32.4 Å². The molecule has 1 atom stereocenters. The third-order valence-electron chi connectivity index (χ3n) is 3.37. The molecule has 0 aliphatic carbocycles. The lowest BCUT2D eigenvalue weighted by Gasteiger charge is -2.47. The first-order chi connectivity index (χ1) is 7.93. The zero-order chi connectivity index (χ0) is 12.6. The quantitative estimate of drug-likeness (QED) is 0.709. The largest absolute Gasteiger partial charge is 0.457 e. The smallest absolute Gasteiger partial charge is 0.331 e. The Morgan fingerprint density at radius 1 is 1.59 bits per heavy atom. The number of fused-ring (bicyclic) bond motifs is 2. The number of piperazine rings is 1. The molecule has 3 heterocycles. The minimum atomic E-state index is -0.582. The van der Waals surface area contributed by atoms with Crippen LogP contribution in [0.5, 0.6) is 0 Å². The van der Waals surface area contributed by atoms with E-state index < -0.39 is 5.60 Å². The molecule has 0 radical (unpaired) electrons. The monoisotopic (exact) mass is 239 g/mol. The second kappa shape index (κ2) is 4.22. The highest BCUT2D eigenvalue weighted by molar-refractivity contribution is 5.77. The van der Waals surface area contributed by atoms with E-state index in [1.807, 2.05) is 20.8 Å². The van der Waals surface area contributed by atoms with Gasteiger partial charge in [0, 0.05) is 38.1 Å². The lowest BCUT2D eigenvalue weighted by Crippen LogP contribution is -2.59. The minimum Gasteiger partial charge on any atom is -0.457 e. The van der Waals surface area contributed by atoms with Crippen molar-refractivity contribution in [1.82, 2.24) is 9.80 Å². The van der Waals surface area contributed by atoms with Crippen LogP contribution in [0.2, 0.25) is 0 Å². The Hall–Kier alpha value is -1.23. The number of nitrogens with zero attached hydrogens (tertiary/aromatic N) is 2. The Morgan fingerprint density at radius 3 is 2.82 bits per heavy atom. The van der Waals surface area contributed by atoms with Gasteiger partial charge in [0.15, 0.2) is 0 Å². The number of carbonyl (C=O) groups excluding carboxylic acids is 1. The SMILES string of the molecule is CC1=CN2CCN1C(C(=O)OC(C)(C)CN)C2. The lowest BCUT2D eigenvalue weighted by atomic mass is 10.1. The number of esters is 1. The molecule has 2 N–H and O–H groups in total. The molecule has 0 spiro atoms. The lowest BCUT2D eigenvalue weighted by molar-refractivity contribution is -0.164. The number of hydrogen-bond acceptors (Lipinski definition) is 5. The molecule has 3 aliphatic heterocycles. The van der Waals surface area contributed by atoms with Crippen molar-refractivity contribution < 1.29 is 9.53 Å². The van der Waals surface area contributed by atoms with Gasteiger partial charge in [-0.25, -0.2) is 4.79 Å². The number of nitrogens with two attached hydrogens (primary N) is 1. The summed E-state index contributed by atoms with van der Waals surface area (Å²) in [5.74, 6) is -0.169. The molecule has 0 aromatic carbocycles. The van der Waals surface area contributed by atoms with Gasteiger partial charge in [0.2, 0.25) is 0 Å².